The van der Waals surface area contributed by atoms with Crippen LogP contribution >= 0.6 is 11.3 Å². The highest BCUT2D eigenvalue weighted by atomic mass is 32.1. The summed E-state index contributed by atoms with van der Waals surface area (Å²) < 4.78 is 1.93. The van der Waals surface area contributed by atoms with Crippen LogP contribution in [0.3, 0.4) is 0 Å². The Balaban J connectivity index is 1.63. The number of carbonyl (C=O) groups excluding carboxylic acids is 1. The van der Waals surface area contributed by atoms with Gasteiger partial charge in [0.1, 0.15) is 10.6 Å². The Labute approximate surface area is 131 Å². The van der Waals surface area contributed by atoms with Crippen molar-refractivity contribution >= 4 is 17.2 Å². The zero-order valence-corrected chi connectivity index (χ0v) is 12.7. The summed E-state index contributed by atoms with van der Waals surface area (Å²) in [7, 11) is 0. The molecule has 22 heavy (non-hydrogen) atoms. The van der Waals surface area contributed by atoms with E-state index in [-0.39, 0.29) is 5.91 Å². The summed E-state index contributed by atoms with van der Waals surface area (Å²) in [5.41, 5.74) is 3.13. The van der Waals surface area contributed by atoms with Gasteiger partial charge in [-0.3, -0.25) is 9.78 Å². The maximum Gasteiger partial charge on any atom is 0.263 e. The first-order chi connectivity index (χ1) is 10.8. The van der Waals surface area contributed by atoms with Crippen molar-refractivity contribution in [2.24, 2.45) is 0 Å². The quantitative estimate of drug-likeness (QED) is 0.772. The molecule has 112 valence electrons. The molecule has 0 unspecified atom stereocenters. The Bertz CT molecular complexity index is 767. The zero-order valence-electron chi connectivity index (χ0n) is 11.9. The van der Waals surface area contributed by atoms with Crippen molar-refractivity contribution in [3.05, 3.63) is 47.1 Å². The van der Waals surface area contributed by atoms with Gasteiger partial charge in [-0.05, 0) is 6.92 Å². The van der Waals surface area contributed by atoms with Crippen LogP contribution in [0.5, 0.6) is 0 Å². The highest BCUT2D eigenvalue weighted by Gasteiger charge is 2.12. The van der Waals surface area contributed by atoms with Gasteiger partial charge in [-0.25, -0.2) is 15.0 Å². The molecule has 3 heterocycles. The molecule has 0 atom stereocenters. The summed E-state index contributed by atoms with van der Waals surface area (Å²) in [5, 5.41) is 2.89. The smallest absolute Gasteiger partial charge is 0.263 e. The fourth-order valence-corrected chi connectivity index (χ4v) is 2.75. The number of nitrogens with one attached hydrogen (secondary N) is 1. The second-order valence-corrected chi connectivity index (χ2v) is 5.41. The van der Waals surface area contributed by atoms with Gasteiger partial charge in [0, 0.05) is 37.9 Å². The van der Waals surface area contributed by atoms with E-state index < -0.39 is 0 Å². The van der Waals surface area contributed by atoms with Gasteiger partial charge in [-0.2, -0.15) is 0 Å². The average Bonchev–Trinajstić information content (AvgIpc) is 3.17. The standard InChI is InChI=1S/C14H14N6OS/c1-10-12(22-9-19-10)14(21)18-5-7-20-6-4-17-13(20)11-8-15-2-3-16-11/h2-4,6,8-9H,5,7H2,1H3,(H,18,21). The maximum absolute atomic E-state index is 12.0. The minimum Gasteiger partial charge on any atom is -0.349 e. The average molecular weight is 314 g/mol. The van der Waals surface area contributed by atoms with Crippen molar-refractivity contribution in [2.45, 2.75) is 13.5 Å². The second kappa shape index (κ2) is 6.44. The van der Waals surface area contributed by atoms with Crippen LogP contribution in [0.15, 0.2) is 36.5 Å². The van der Waals surface area contributed by atoms with Crippen LogP contribution in [0.25, 0.3) is 11.5 Å². The van der Waals surface area contributed by atoms with Gasteiger partial charge in [-0.1, -0.05) is 0 Å². The molecular weight excluding hydrogens is 300 g/mol. The fraction of sp³-hybridized carbons (Fsp3) is 0.214. The molecule has 1 N–H and O–H groups in total. The fourth-order valence-electron chi connectivity index (χ4n) is 2.03. The normalized spacial score (nSPS) is 10.6. The Hall–Kier alpha value is -2.61. The molecule has 3 aromatic heterocycles. The first kappa shape index (κ1) is 14.3. The minimum atomic E-state index is -0.0961. The molecule has 0 saturated carbocycles. The van der Waals surface area contributed by atoms with Crippen molar-refractivity contribution in [1.29, 1.82) is 0 Å². The number of aryl methyl sites for hydroxylation is 1. The van der Waals surface area contributed by atoms with E-state index in [1.165, 1.54) is 11.3 Å². The van der Waals surface area contributed by atoms with Gasteiger partial charge in [0.15, 0.2) is 5.82 Å². The van der Waals surface area contributed by atoms with Gasteiger partial charge in [0.2, 0.25) is 0 Å². The molecule has 3 aromatic rings. The predicted octanol–water partition coefficient (Wildman–Crippen LogP) is 1.54. The highest BCUT2D eigenvalue weighted by Crippen LogP contribution is 2.13. The van der Waals surface area contributed by atoms with Gasteiger partial charge in [0.25, 0.3) is 5.91 Å². The summed E-state index contributed by atoms with van der Waals surface area (Å²) in [5.74, 6) is 0.637. The van der Waals surface area contributed by atoms with Crippen LogP contribution in [0.1, 0.15) is 15.4 Å². The molecule has 8 heteroatoms. The van der Waals surface area contributed by atoms with E-state index in [1.54, 1.807) is 30.3 Å². The van der Waals surface area contributed by atoms with Gasteiger partial charge in [-0.15, -0.1) is 11.3 Å². The molecule has 7 nitrogen and oxygen atoms in total. The van der Waals surface area contributed by atoms with E-state index in [4.69, 9.17) is 0 Å². The molecule has 0 aromatic carbocycles. The molecule has 0 aliphatic heterocycles. The lowest BCUT2D eigenvalue weighted by Crippen LogP contribution is -2.27. The molecular formula is C14H14N6OS. The second-order valence-electron chi connectivity index (χ2n) is 4.56. The maximum atomic E-state index is 12.0. The van der Waals surface area contributed by atoms with Crippen LogP contribution in [0, 0.1) is 6.92 Å². The zero-order chi connectivity index (χ0) is 15.4. The lowest BCUT2D eigenvalue weighted by atomic mass is 10.3. The predicted molar refractivity (Wildman–Crippen MR) is 82.4 cm³/mol. The van der Waals surface area contributed by atoms with Crippen LogP contribution in [0.2, 0.25) is 0 Å². The van der Waals surface area contributed by atoms with E-state index in [9.17, 15) is 4.79 Å². The third kappa shape index (κ3) is 3.01. The largest absolute Gasteiger partial charge is 0.349 e. The number of aromatic nitrogens is 5. The molecule has 0 aliphatic carbocycles. The Morgan fingerprint density at radius 1 is 1.27 bits per heavy atom. The van der Waals surface area contributed by atoms with E-state index in [0.29, 0.717) is 23.7 Å². The summed E-state index contributed by atoms with van der Waals surface area (Å²) >= 11 is 1.35. The van der Waals surface area contributed by atoms with Gasteiger partial charge >= 0.3 is 0 Å². The number of hydrogen-bond acceptors (Lipinski definition) is 6. The minimum absolute atomic E-state index is 0.0961. The lowest BCUT2D eigenvalue weighted by Gasteiger charge is -2.08. The number of rotatable bonds is 5. The van der Waals surface area contributed by atoms with E-state index >= 15 is 0 Å². The number of imidazole rings is 1. The monoisotopic (exact) mass is 314 g/mol. The molecule has 0 radical (unpaired) electrons. The first-order valence-electron chi connectivity index (χ1n) is 6.71. The van der Waals surface area contributed by atoms with Gasteiger partial charge < -0.3 is 9.88 Å². The van der Waals surface area contributed by atoms with Crippen molar-refractivity contribution in [3.63, 3.8) is 0 Å². The van der Waals surface area contributed by atoms with Crippen LogP contribution < -0.4 is 5.32 Å². The first-order valence-corrected chi connectivity index (χ1v) is 7.59. The number of hydrogen-bond donors (Lipinski definition) is 1. The van der Waals surface area contributed by atoms with Crippen molar-refractivity contribution < 1.29 is 4.79 Å². The molecule has 0 saturated heterocycles. The Morgan fingerprint density at radius 3 is 2.91 bits per heavy atom. The summed E-state index contributed by atoms with van der Waals surface area (Å²) in [6.07, 6.45) is 8.47. The number of thiazole rings is 1. The molecule has 0 aliphatic rings. The SMILES string of the molecule is Cc1ncsc1C(=O)NCCn1ccnc1-c1cnccn1. The molecule has 0 spiro atoms. The lowest BCUT2D eigenvalue weighted by molar-refractivity contribution is 0.0955. The third-order valence-corrected chi connectivity index (χ3v) is 4.03. The van der Waals surface area contributed by atoms with E-state index in [2.05, 4.69) is 25.3 Å². The summed E-state index contributed by atoms with van der Waals surface area (Å²) in [6.45, 7) is 2.93. The number of nitrogens with zero attached hydrogens (tertiary/aromatic N) is 5. The van der Waals surface area contributed by atoms with E-state index in [0.717, 1.165) is 11.5 Å². The topological polar surface area (TPSA) is 85.6 Å². The van der Waals surface area contributed by atoms with Crippen molar-refractivity contribution in [2.75, 3.05) is 6.54 Å². The van der Waals surface area contributed by atoms with Crippen molar-refractivity contribution in [3.8, 4) is 11.5 Å². The van der Waals surface area contributed by atoms with Crippen LogP contribution in [-0.4, -0.2) is 37.0 Å². The summed E-state index contributed by atoms with van der Waals surface area (Å²) in [6, 6.07) is 0. The molecule has 0 bridgehead atoms. The highest BCUT2D eigenvalue weighted by molar-refractivity contribution is 7.11. The molecule has 0 fully saturated rings. The Morgan fingerprint density at radius 2 is 2.18 bits per heavy atom. The number of carbonyl (C=O) groups is 1. The van der Waals surface area contributed by atoms with Crippen LogP contribution in [0.4, 0.5) is 0 Å². The van der Waals surface area contributed by atoms with Crippen LogP contribution in [-0.2, 0) is 6.54 Å². The van der Waals surface area contributed by atoms with Crippen molar-refractivity contribution in [1.82, 2.24) is 29.8 Å². The third-order valence-electron chi connectivity index (χ3n) is 3.10. The molecule has 1 amide bonds. The molecule has 3 rings (SSSR count). The number of amides is 1. The Kier molecular flexibility index (Phi) is 4.19. The van der Waals surface area contributed by atoms with Gasteiger partial charge in [0.05, 0.1) is 17.4 Å². The van der Waals surface area contributed by atoms with E-state index in [1.807, 2.05) is 17.7 Å². The summed E-state index contributed by atoms with van der Waals surface area (Å²) in [4.78, 5) is 29.3.